The lowest BCUT2D eigenvalue weighted by atomic mass is 10.2. The maximum absolute atomic E-state index is 11.3. The molecular formula is C9H20ClNO2S. The van der Waals surface area contributed by atoms with Gasteiger partial charge in [0.2, 0.25) is 0 Å². The zero-order valence-corrected chi connectivity index (χ0v) is 10.5. The number of halogens is 1. The number of hydrogen-bond donors (Lipinski definition) is 1. The molecule has 0 heterocycles. The average Bonchev–Trinajstić information content (AvgIpc) is 2.12. The maximum atomic E-state index is 11.3. The number of rotatable bonds is 8. The van der Waals surface area contributed by atoms with Crippen molar-refractivity contribution in [1.29, 1.82) is 0 Å². The van der Waals surface area contributed by atoms with Gasteiger partial charge in [0, 0.05) is 18.2 Å². The fourth-order valence-electron chi connectivity index (χ4n) is 1.04. The molecule has 0 fully saturated rings. The van der Waals surface area contributed by atoms with Crippen LogP contribution in [0.15, 0.2) is 0 Å². The molecule has 3 nitrogen and oxygen atoms in total. The first kappa shape index (κ1) is 14.2. The van der Waals surface area contributed by atoms with Crippen LogP contribution in [0.2, 0.25) is 0 Å². The SMILES string of the molecule is CCCS(=O)(=O)CCNCC(C)CCl. The molecule has 0 amide bonds. The van der Waals surface area contributed by atoms with Crippen molar-refractivity contribution >= 4 is 21.4 Å². The fraction of sp³-hybridized carbons (Fsp3) is 1.00. The van der Waals surface area contributed by atoms with E-state index < -0.39 is 9.84 Å². The van der Waals surface area contributed by atoms with Crippen LogP contribution in [0.3, 0.4) is 0 Å². The van der Waals surface area contributed by atoms with Gasteiger partial charge in [-0.15, -0.1) is 11.6 Å². The Morgan fingerprint density at radius 2 is 2.00 bits per heavy atom. The molecule has 1 unspecified atom stereocenters. The largest absolute Gasteiger partial charge is 0.315 e. The molecule has 0 aromatic rings. The lowest BCUT2D eigenvalue weighted by molar-refractivity contribution is 0.560. The Morgan fingerprint density at radius 1 is 1.36 bits per heavy atom. The molecule has 0 bridgehead atoms. The Bertz CT molecular complexity index is 229. The molecule has 0 spiro atoms. The van der Waals surface area contributed by atoms with E-state index in [1.165, 1.54) is 0 Å². The second kappa shape index (κ2) is 7.49. The highest BCUT2D eigenvalue weighted by Gasteiger charge is 2.08. The van der Waals surface area contributed by atoms with Crippen LogP contribution in [0.5, 0.6) is 0 Å². The van der Waals surface area contributed by atoms with E-state index in [1.807, 2.05) is 13.8 Å². The molecular weight excluding hydrogens is 222 g/mol. The van der Waals surface area contributed by atoms with Gasteiger partial charge in [-0.1, -0.05) is 13.8 Å². The minimum Gasteiger partial charge on any atom is -0.315 e. The van der Waals surface area contributed by atoms with Gasteiger partial charge in [0.05, 0.1) is 5.75 Å². The van der Waals surface area contributed by atoms with E-state index >= 15 is 0 Å². The Labute approximate surface area is 92.1 Å². The van der Waals surface area contributed by atoms with Crippen molar-refractivity contribution in [3.63, 3.8) is 0 Å². The van der Waals surface area contributed by atoms with Crippen LogP contribution < -0.4 is 5.32 Å². The molecule has 0 saturated heterocycles. The van der Waals surface area contributed by atoms with Crippen LogP contribution in [-0.4, -0.2) is 38.9 Å². The van der Waals surface area contributed by atoms with Crippen molar-refractivity contribution in [3.8, 4) is 0 Å². The predicted molar refractivity (Wildman–Crippen MR) is 61.7 cm³/mol. The van der Waals surface area contributed by atoms with Gasteiger partial charge in [0.1, 0.15) is 0 Å². The second-order valence-corrected chi connectivity index (χ2v) is 6.23. The monoisotopic (exact) mass is 241 g/mol. The fourth-order valence-corrected chi connectivity index (χ4v) is 2.43. The lowest BCUT2D eigenvalue weighted by Gasteiger charge is -2.09. The molecule has 14 heavy (non-hydrogen) atoms. The maximum Gasteiger partial charge on any atom is 0.151 e. The summed E-state index contributed by atoms with van der Waals surface area (Å²) in [6, 6.07) is 0. The third kappa shape index (κ3) is 7.59. The van der Waals surface area contributed by atoms with Crippen molar-refractivity contribution in [1.82, 2.24) is 5.32 Å². The third-order valence-corrected chi connectivity index (χ3v) is 4.24. The molecule has 1 atom stereocenters. The van der Waals surface area contributed by atoms with Crippen LogP contribution in [0, 0.1) is 5.92 Å². The zero-order chi connectivity index (χ0) is 11.0. The standard InChI is InChI=1S/C9H20ClNO2S/c1-3-5-14(12,13)6-4-11-8-9(2)7-10/h9,11H,3-8H2,1-2H3. The van der Waals surface area contributed by atoms with Gasteiger partial charge in [-0.05, 0) is 18.9 Å². The molecule has 5 heteroatoms. The summed E-state index contributed by atoms with van der Waals surface area (Å²) in [5.41, 5.74) is 0. The van der Waals surface area contributed by atoms with E-state index in [4.69, 9.17) is 11.6 Å². The van der Waals surface area contributed by atoms with Gasteiger partial charge in [0.15, 0.2) is 9.84 Å². The Morgan fingerprint density at radius 3 is 2.50 bits per heavy atom. The third-order valence-electron chi connectivity index (χ3n) is 1.86. The highest BCUT2D eigenvalue weighted by molar-refractivity contribution is 7.91. The van der Waals surface area contributed by atoms with Gasteiger partial charge in [0.25, 0.3) is 0 Å². The molecule has 0 rings (SSSR count). The Balaban J connectivity index is 3.54. The van der Waals surface area contributed by atoms with Crippen LogP contribution in [0.1, 0.15) is 20.3 Å². The van der Waals surface area contributed by atoms with E-state index in [2.05, 4.69) is 5.32 Å². The van der Waals surface area contributed by atoms with Gasteiger partial charge in [-0.25, -0.2) is 8.42 Å². The average molecular weight is 242 g/mol. The molecule has 0 aliphatic rings. The summed E-state index contributed by atoms with van der Waals surface area (Å²) in [4.78, 5) is 0. The lowest BCUT2D eigenvalue weighted by Crippen LogP contribution is -2.28. The molecule has 0 aliphatic heterocycles. The smallest absolute Gasteiger partial charge is 0.151 e. The summed E-state index contributed by atoms with van der Waals surface area (Å²) in [5.74, 6) is 1.52. The normalized spacial score (nSPS) is 14.2. The van der Waals surface area contributed by atoms with E-state index in [0.29, 0.717) is 30.5 Å². The summed E-state index contributed by atoms with van der Waals surface area (Å²) in [5, 5.41) is 3.09. The van der Waals surface area contributed by atoms with Crippen molar-refractivity contribution in [2.24, 2.45) is 5.92 Å². The highest BCUT2D eigenvalue weighted by atomic mass is 35.5. The molecule has 86 valence electrons. The summed E-state index contributed by atoms with van der Waals surface area (Å²) in [6.45, 7) is 5.22. The van der Waals surface area contributed by atoms with E-state index in [1.54, 1.807) is 0 Å². The van der Waals surface area contributed by atoms with Gasteiger partial charge >= 0.3 is 0 Å². The van der Waals surface area contributed by atoms with Gasteiger partial charge in [-0.3, -0.25) is 0 Å². The van der Waals surface area contributed by atoms with Crippen molar-refractivity contribution < 1.29 is 8.42 Å². The number of sulfone groups is 1. The number of alkyl halides is 1. The first-order valence-corrected chi connectivity index (χ1v) is 7.34. The quantitative estimate of drug-likeness (QED) is 0.514. The number of hydrogen-bond acceptors (Lipinski definition) is 3. The number of nitrogens with one attached hydrogen (secondary N) is 1. The summed E-state index contributed by atoms with van der Waals surface area (Å²) in [6.07, 6.45) is 0.695. The van der Waals surface area contributed by atoms with E-state index in [0.717, 1.165) is 6.54 Å². The minimum atomic E-state index is -2.83. The minimum absolute atomic E-state index is 0.232. The molecule has 1 N–H and O–H groups in total. The molecule has 0 aromatic heterocycles. The summed E-state index contributed by atoms with van der Waals surface area (Å²) < 4.78 is 22.6. The topological polar surface area (TPSA) is 46.2 Å². The molecule has 0 radical (unpaired) electrons. The molecule has 0 aliphatic carbocycles. The zero-order valence-electron chi connectivity index (χ0n) is 8.92. The van der Waals surface area contributed by atoms with Gasteiger partial charge < -0.3 is 5.32 Å². The molecule has 0 aromatic carbocycles. The first-order valence-electron chi connectivity index (χ1n) is 4.99. The highest BCUT2D eigenvalue weighted by Crippen LogP contribution is 1.95. The Kier molecular flexibility index (Phi) is 7.59. The summed E-state index contributed by atoms with van der Waals surface area (Å²) in [7, 11) is -2.83. The van der Waals surface area contributed by atoms with Crippen LogP contribution >= 0.6 is 11.6 Å². The van der Waals surface area contributed by atoms with E-state index in [-0.39, 0.29) is 5.75 Å². The van der Waals surface area contributed by atoms with Crippen LogP contribution in [0.25, 0.3) is 0 Å². The predicted octanol–water partition coefficient (Wildman–Crippen LogP) is 1.28. The second-order valence-electron chi connectivity index (χ2n) is 3.62. The van der Waals surface area contributed by atoms with Crippen molar-refractivity contribution in [2.75, 3.05) is 30.5 Å². The summed E-state index contributed by atoms with van der Waals surface area (Å²) >= 11 is 5.61. The van der Waals surface area contributed by atoms with Crippen LogP contribution in [0.4, 0.5) is 0 Å². The van der Waals surface area contributed by atoms with Crippen LogP contribution in [-0.2, 0) is 9.84 Å². The first-order chi connectivity index (χ1) is 6.52. The van der Waals surface area contributed by atoms with Gasteiger partial charge in [-0.2, -0.15) is 0 Å². The van der Waals surface area contributed by atoms with E-state index in [9.17, 15) is 8.42 Å². The Hall–Kier alpha value is 0.200. The molecule has 0 saturated carbocycles. The van der Waals surface area contributed by atoms with Crippen molar-refractivity contribution in [2.45, 2.75) is 20.3 Å². The van der Waals surface area contributed by atoms with Crippen molar-refractivity contribution in [3.05, 3.63) is 0 Å².